The number of fused-ring (bicyclic) bond motifs is 2. The summed E-state index contributed by atoms with van der Waals surface area (Å²) in [4.78, 5) is 11.8. The molecule has 0 aromatic heterocycles. The minimum Gasteiger partial charge on any atom is -0.299 e. The Labute approximate surface area is 85.8 Å². The molecule has 0 aliphatic heterocycles. The summed E-state index contributed by atoms with van der Waals surface area (Å²) < 4.78 is 21.7. The molecule has 0 N–H and O–H groups in total. The second kappa shape index (κ2) is 2.81. The number of ketones is 1. The molecule has 0 heterocycles. The van der Waals surface area contributed by atoms with E-state index in [0.29, 0.717) is 12.3 Å². The number of hydrogen-bond acceptors (Lipinski definition) is 3. The summed E-state index contributed by atoms with van der Waals surface area (Å²) in [5.74, 6) is 0.646. The number of carbonyl (C=O) groups excluding carboxylic acids is 1. The van der Waals surface area contributed by atoms with E-state index in [0.717, 1.165) is 12.8 Å². The lowest BCUT2D eigenvalue weighted by Crippen LogP contribution is -2.39. The van der Waals surface area contributed by atoms with Gasteiger partial charge in [0.15, 0.2) is 0 Å². The molecule has 2 unspecified atom stereocenters. The Kier molecular flexibility index (Phi) is 2.04. The van der Waals surface area contributed by atoms with Crippen LogP contribution in [0.5, 0.6) is 0 Å². The van der Waals surface area contributed by atoms with Gasteiger partial charge in [-0.3, -0.25) is 4.79 Å². The van der Waals surface area contributed by atoms with E-state index in [9.17, 15) is 13.2 Å². The summed E-state index contributed by atoms with van der Waals surface area (Å²) in [5, 5.41) is 0. The molecule has 0 saturated heterocycles. The molecule has 2 aliphatic rings. The molecular formula is C10H16O3S. The Hall–Kier alpha value is -0.380. The summed E-state index contributed by atoms with van der Waals surface area (Å²) in [7, 11) is -2.45. The fraction of sp³-hybridized carbons (Fsp3) is 0.900. The third kappa shape index (κ3) is 1.03. The first-order chi connectivity index (χ1) is 6.40. The first kappa shape index (κ1) is 10.1. The molecule has 80 valence electrons. The zero-order chi connectivity index (χ0) is 10.6. The fourth-order valence-electron chi connectivity index (χ4n) is 3.36. The van der Waals surface area contributed by atoms with E-state index in [1.54, 1.807) is 0 Å². The first-order valence-corrected chi connectivity index (χ1v) is 6.41. The molecule has 0 amide bonds. The van der Waals surface area contributed by atoms with Gasteiger partial charge < -0.3 is 0 Å². The average Bonchev–Trinajstić information content (AvgIpc) is 2.36. The second-order valence-corrected chi connectivity index (χ2v) is 6.14. The van der Waals surface area contributed by atoms with Crippen LogP contribution in [-0.4, -0.2) is 20.0 Å². The maximum atomic E-state index is 11.8. The van der Waals surface area contributed by atoms with Gasteiger partial charge in [0.1, 0.15) is 16.5 Å². The van der Waals surface area contributed by atoms with Crippen LogP contribution in [0, 0.1) is 16.7 Å². The van der Waals surface area contributed by atoms with E-state index < -0.39 is 16.1 Å². The van der Waals surface area contributed by atoms with E-state index in [-0.39, 0.29) is 17.0 Å². The van der Waals surface area contributed by atoms with Gasteiger partial charge in [0.2, 0.25) is 0 Å². The van der Waals surface area contributed by atoms with Crippen molar-refractivity contribution in [3.8, 4) is 0 Å². The Morgan fingerprint density at radius 2 is 2.07 bits per heavy atom. The van der Waals surface area contributed by atoms with Crippen LogP contribution in [0.15, 0.2) is 0 Å². The number of Topliss-reactive ketones (excluding diaryl/α,β-unsaturated/α-hetero) is 1. The highest BCUT2D eigenvalue weighted by Gasteiger charge is 2.64. The third-order valence-electron chi connectivity index (χ3n) is 4.54. The summed E-state index contributed by atoms with van der Waals surface area (Å²) in [6, 6.07) is 0. The predicted octanol–water partition coefficient (Wildman–Crippen LogP) is 0.993. The van der Waals surface area contributed by atoms with Crippen molar-refractivity contribution in [3.05, 3.63) is 0 Å². The lowest BCUT2D eigenvalue weighted by Gasteiger charge is -2.34. The van der Waals surface area contributed by atoms with Gasteiger partial charge in [-0.05, 0) is 24.2 Å². The van der Waals surface area contributed by atoms with Crippen LogP contribution in [0.3, 0.4) is 0 Å². The van der Waals surface area contributed by atoms with Crippen molar-refractivity contribution in [1.82, 2.24) is 0 Å². The van der Waals surface area contributed by atoms with Crippen molar-refractivity contribution in [1.29, 1.82) is 0 Å². The maximum absolute atomic E-state index is 11.8. The molecule has 2 fully saturated rings. The van der Waals surface area contributed by atoms with Gasteiger partial charge in [-0.15, -0.1) is 0 Å². The van der Waals surface area contributed by atoms with Gasteiger partial charge in [-0.25, -0.2) is 8.42 Å². The number of hydrogen-bond donors (Lipinski definition) is 1. The van der Waals surface area contributed by atoms with Gasteiger partial charge in [-0.2, -0.15) is 0 Å². The van der Waals surface area contributed by atoms with Gasteiger partial charge in [-0.1, -0.05) is 13.8 Å². The van der Waals surface area contributed by atoms with Crippen molar-refractivity contribution >= 4 is 16.5 Å². The van der Waals surface area contributed by atoms with Gasteiger partial charge in [0.05, 0.1) is 5.75 Å². The standard InChI is InChI=1S/C10H16O3S/c1-9(2)7-3-4-10(9,6-14(12)13)8(11)5-7/h7,14H,3-6H2,1-2H3. The Morgan fingerprint density at radius 1 is 1.43 bits per heavy atom. The van der Waals surface area contributed by atoms with E-state index in [1.165, 1.54) is 0 Å². The fourth-order valence-corrected chi connectivity index (χ4v) is 4.54. The van der Waals surface area contributed by atoms with Gasteiger partial charge in [0, 0.05) is 11.8 Å². The normalized spacial score (nSPS) is 39.6. The zero-order valence-electron chi connectivity index (χ0n) is 8.58. The smallest absolute Gasteiger partial charge is 0.141 e. The zero-order valence-corrected chi connectivity index (χ0v) is 9.47. The highest BCUT2D eigenvalue weighted by atomic mass is 32.2. The summed E-state index contributed by atoms with van der Waals surface area (Å²) in [6.45, 7) is 4.10. The summed E-state index contributed by atoms with van der Waals surface area (Å²) in [5.41, 5.74) is -0.660. The van der Waals surface area contributed by atoms with Crippen LogP contribution in [0.1, 0.15) is 33.1 Å². The molecule has 0 radical (unpaired) electrons. The minimum absolute atomic E-state index is 0.0602. The molecule has 2 saturated carbocycles. The van der Waals surface area contributed by atoms with E-state index >= 15 is 0 Å². The van der Waals surface area contributed by atoms with Gasteiger partial charge in [0.25, 0.3) is 0 Å². The van der Waals surface area contributed by atoms with Crippen molar-refractivity contribution in [2.45, 2.75) is 33.1 Å². The van der Waals surface area contributed by atoms with Crippen molar-refractivity contribution in [2.24, 2.45) is 16.7 Å². The third-order valence-corrected chi connectivity index (χ3v) is 5.34. The Balaban J connectivity index is 2.44. The molecule has 2 bridgehead atoms. The SMILES string of the molecule is CC1(C)C2CCC1(C[SH](=O)=O)C(=O)C2. The van der Waals surface area contributed by atoms with Crippen LogP contribution in [-0.2, 0) is 15.5 Å². The summed E-state index contributed by atoms with van der Waals surface area (Å²) >= 11 is 0. The molecule has 3 nitrogen and oxygen atoms in total. The van der Waals surface area contributed by atoms with Crippen molar-refractivity contribution in [3.63, 3.8) is 0 Å². The highest BCUT2D eigenvalue weighted by Crippen LogP contribution is 2.63. The molecule has 2 atom stereocenters. The average molecular weight is 216 g/mol. The second-order valence-electron chi connectivity index (χ2n) is 5.16. The molecule has 0 aromatic rings. The summed E-state index contributed by atoms with van der Waals surface area (Å²) in [6.07, 6.45) is 2.38. The molecule has 2 rings (SSSR count). The highest BCUT2D eigenvalue weighted by molar-refractivity contribution is 7.72. The quantitative estimate of drug-likeness (QED) is 0.700. The molecular weight excluding hydrogens is 200 g/mol. The number of rotatable bonds is 2. The van der Waals surface area contributed by atoms with Crippen LogP contribution < -0.4 is 0 Å². The monoisotopic (exact) mass is 216 g/mol. The van der Waals surface area contributed by atoms with Crippen molar-refractivity contribution < 1.29 is 13.2 Å². The predicted molar refractivity (Wildman–Crippen MR) is 53.7 cm³/mol. The lowest BCUT2D eigenvalue weighted by atomic mass is 9.70. The van der Waals surface area contributed by atoms with E-state index in [4.69, 9.17) is 0 Å². The number of thiol groups is 1. The minimum atomic E-state index is -2.45. The lowest BCUT2D eigenvalue weighted by molar-refractivity contribution is -0.127. The van der Waals surface area contributed by atoms with Crippen LogP contribution in [0.25, 0.3) is 0 Å². The topological polar surface area (TPSA) is 51.2 Å². The molecule has 2 aliphatic carbocycles. The largest absolute Gasteiger partial charge is 0.299 e. The van der Waals surface area contributed by atoms with Gasteiger partial charge >= 0.3 is 0 Å². The van der Waals surface area contributed by atoms with Crippen LogP contribution >= 0.6 is 0 Å². The Morgan fingerprint density at radius 3 is 2.43 bits per heavy atom. The number of carbonyl (C=O) groups is 1. The maximum Gasteiger partial charge on any atom is 0.141 e. The molecule has 0 aromatic carbocycles. The first-order valence-electron chi connectivity index (χ1n) is 5.05. The van der Waals surface area contributed by atoms with Crippen molar-refractivity contribution in [2.75, 3.05) is 5.75 Å². The van der Waals surface area contributed by atoms with Crippen LogP contribution in [0.2, 0.25) is 0 Å². The molecule has 14 heavy (non-hydrogen) atoms. The van der Waals surface area contributed by atoms with E-state index in [2.05, 4.69) is 13.8 Å². The molecule has 4 heteroatoms. The van der Waals surface area contributed by atoms with E-state index in [1.807, 2.05) is 0 Å². The Bertz CT molecular complexity index is 348. The van der Waals surface area contributed by atoms with Crippen LogP contribution in [0.4, 0.5) is 0 Å². The molecule has 0 spiro atoms.